The second-order valence-corrected chi connectivity index (χ2v) is 13.8. The van der Waals surface area contributed by atoms with Crippen LogP contribution in [0.5, 0.6) is 5.75 Å². The van der Waals surface area contributed by atoms with E-state index in [1.165, 1.54) is 0 Å². The first-order valence-corrected chi connectivity index (χ1v) is 20.1. The number of hydrogen-bond acceptors (Lipinski definition) is 8. The molecule has 0 spiro atoms. The summed E-state index contributed by atoms with van der Waals surface area (Å²) in [4.78, 5) is 4.49. The van der Waals surface area contributed by atoms with Gasteiger partial charge in [0.15, 0.2) is 0 Å². The normalized spacial score (nSPS) is 11.7. The molecule has 0 saturated heterocycles. The highest BCUT2D eigenvalue weighted by Crippen LogP contribution is 2.34. The molecule has 1 atom stereocenters. The summed E-state index contributed by atoms with van der Waals surface area (Å²) in [5, 5.41) is 25.1. The Kier molecular flexibility index (Phi) is 13.8. The fraction of sp³-hybridized carbons (Fsp3) is 0.137. The van der Waals surface area contributed by atoms with E-state index in [1.54, 1.807) is 0 Å². The van der Waals surface area contributed by atoms with Gasteiger partial charge < -0.3 is 19.6 Å². The molecular weight excluding hydrogens is 729 g/mol. The number of nitrogens with zero attached hydrogens (tertiary/aromatic N) is 6. The standard InChI is InChI=1S/C51H50N6O2/c1-3-54(4-2)49-35-32-42(38-53-57(47-26-16-8-17-27-47)48-28-18-9-19-29-48)51(36-49)59-40-50(58)39-55(43-20-10-5-11-21-43)52-37-41-30-33-46(34-31-41)56(44-22-12-6-13-23-44)45-24-14-7-15-25-45/h5-38,50,58H,3-4,39-40H2,1-2H3. The number of anilines is 7. The van der Waals surface area contributed by atoms with E-state index in [-0.39, 0.29) is 13.2 Å². The first-order chi connectivity index (χ1) is 29.1. The van der Waals surface area contributed by atoms with Crippen LogP contribution in [0.25, 0.3) is 0 Å². The molecule has 59 heavy (non-hydrogen) atoms. The molecule has 0 aliphatic heterocycles. The van der Waals surface area contributed by atoms with Crippen molar-refractivity contribution in [2.45, 2.75) is 20.0 Å². The molecule has 0 aliphatic carbocycles. The number of aliphatic hydroxyl groups excluding tert-OH is 1. The van der Waals surface area contributed by atoms with Crippen LogP contribution in [0.1, 0.15) is 25.0 Å². The molecule has 0 amide bonds. The van der Waals surface area contributed by atoms with Gasteiger partial charge in [0.25, 0.3) is 0 Å². The van der Waals surface area contributed by atoms with Gasteiger partial charge in [0.1, 0.15) is 18.5 Å². The van der Waals surface area contributed by atoms with Gasteiger partial charge in [-0.05, 0) is 104 Å². The molecule has 0 saturated carbocycles. The van der Waals surface area contributed by atoms with Gasteiger partial charge in [-0.3, -0.25) is 5.01 Å². The van der Waals surface area contributed by atoms with Gasteiger partial charge in [-0.2, -0.15) is 10.2 Å². The number of hydrazone groups is 2. The molecule has 7 rings (SSSR count). The van der Waals surface area contributed by atoms with Crippen molar-refractivity contribution < 1.29 is 9.84 Å². The average Bonchev–Trinajstić information content (AvgIpc) is 3.30. The Morgan fingerprint density at radius 3 is 1.47 bits per heavy atom. The van der Waals surface area contributed by atoms with E-state index >= 15 is 0 Å². The van der Waals surface area contributed by atoms with E-state index < -0.39 is 6.10 Å². The summed E-state index contributed by atoms with van der Waals surface area (Å²) >= 11 is 0. The fourth-order valence-corrected chi connectivity index (χ4v) is 6.79. The molecule has 8 heteroatoms. The van der Waals surface area contributed by atoms with Gasteiger partial charge in [-0.1, -0.05) is 103 Å². The summed E-state index contributed by atoms with van der Waals surface area (Å²) < 4.78 is 6.46. The van der Waals surface area contributed by atoms with E-state index in [9.17, 15) is 5.11 Å². The van der Waals surface area contributed by atoms with Crippen LogP contribution in [0, 0.1) is 0 Å². The van der Waals surface area contributed by atoms with Gasteiger partial charge in [-0.15, -0.1) is 0 Å². The molecule has 7 aromatic rings. The fourth-order valence-electron chi connectivity index (χ4n) is 6.79. The highest BCUT2D eigenvalue weighted by molar-refractivity contribution is 5.86. The second kappa shape index (κ2) is 20.3. The lowest BCUT2D eigenvalue weighted by Crippen LogP contribution is -2.33. The Hall–Kier alpha value is -7.16. The highest BCUT2D eigenvalue weighted by atomic mass is 16.5. The van der Waals surface area contributed by atoms with Crippen molar-refractivity contribution in [3.8, 4) is 5.75 Å². The monoisotopic (exact) mass is 778 g/mol. The van der Waals surface area contributed by atoms with E-state index in [0.717, 1.165) is 64.0 Å². The minimum atomic E-state index is -0.868. The van der Waals surface area contributed by atoms with Gasteiger partial charge in [-0.25, -0.2) is 5.01 Å². The van der Waals surface area contributed by atoms with Crippen LogP contribution in [0.4, 0.5) is 39.8 Å². The van der Waals surface area contributed by atoms with Gasteiger partial charge in [0.05, 0.1) is 36.0 Å². The van der Waals surface area contributed by atoms with Crippen LogP contribution < -0.4 is 24.6 Å². The number of hydrogen-bond donors (Lipinski definition) is 1. The number of rotatable bonds is 18. The molecule has 0 radical (unpaired) electrons. The zero-order chi connectivity index (χ0) is 40.7. The SMILES string of the molecule is CCN(CC)c1ccc(C=NN(c2ccccc2)c2ccccc2)c(OCC(O)CN(N=Cc2ccc(N(c3ccccc3)c3ccccc3)cc2)c2ccccc2)c1. The summed E-state index contributed by atoms with van der Waals surface area (Å²) in [5.74, 6) is 0.633. The van der Waals surface area contributed by atoms with Crippen LogP contribution in [-0.4, -0.2) is 49.9 Å². The summed E-state index contributed by atoms with van der Waals surface area (Å²) in [6.45, 7) is 6.24. The number of aliphatic hydroxyl groups is 1. The third kappa shape index (κ3) is 10.6. The molecule has 0 aromatic heterocycles. The lowest BCUT2D eigenvalue weighted by Gasteiger charge is -2.25. The Bertz CT molecular complexity index is 2280. The summed E-state index contributed by atoms with van der Waals surface area (Å²) in [5.41, 5.74) is 8.68. The summed E-state index contributed by atoms with van der Waals surface area (Å²) in [6.07, 6.45) is 2.78. The maximum Gasteiger partial charge on any atom is 0.130 e. The van der Waals surface area contributed by atoms with Crippen molar-refractivity contribution in [3.63, 3.8) is 0 Å². The molecule has 7 aromatic carbocycles. The quantitative estimate of drug-likeness (QED) is 0.0691. The van der Waals surface area contributed by atoms with Crippen molar-refractivity contribution in [1.82, 2.24) is 0 Å². The predicted molar refractivity (Wildman–Crippen MR) is 247 cm³/mol. The average molecular weight is 779 g/mol. The second-order valence-electron chi connectivity index (χ2n) is 13.8. The van der Waals surface area contributed by atoms with Crippen molar-refractivity contribution >= 4 is 52.2 Å². The zero-order valence-electron chi connectivity index (χ0n) is 33.6. The van der Waals surface area contributed by atoms with Crippen LogP contribution >= 0.6 is 0 Å². The van der Waals surface area contributed by atoms with E-state index in [4.69, 9.17) is 14.9 Å². The molecule has 1 unspecified atom stereocenters. The van der Waals surface area contributed by atoms with Crippen LogP contribution in [0.2, 0.25) is 0 Å². The molecule has 0 aliphatic rings. The number of ether oxygens (including phenoxy) is 1. The lowest BCUT2D eigenvalue weighted by molar-refractivity contribution is 0.112. The number of benzene rings is 7. The maximum absolute atomic E-state index is 11.5. The van der Waals surface area contributed by atoms with E-state index in [1.807, 2.05) is 162 Å². The summed E-state index contributed by atoms with van der Waals surface area (Å²) in [7, 11) is 0. The Morgan fingerprint density at radius 2 is 0.966 bits per heavy atom. The molecule has 0 bridgehead atoms. The van der Waals surface area contributed by atoms with Crippen molar-refractivity contribution in [1.29, 1.82) is 0 Å². The largest absolute Gasteiger partial charge is 0.490 e. The van der Waals surface area contributed by atoms with Gasteiger partial charge in [0, 0.05) is 47.5 Å². The maximum atomic E-state index is 11.5. The minimum Gasteiger partial charge on any atom is -0.490 e. The minimum absolute atomic E-state index is 0.0476. The Balaban J connectivity index is 1.10. The molecule has 296 valence electrons. The van der Waals surface area contributed by atoms with Crippen LogP contribution in [-0.2, 0) is 0 Å². The van der Waals surface area contributed by atoms with Gasteiger partial charge >= 0.3 is 0 Å². The highest BCUT2D eigenvalue weighted by Gasteiger charge is 2.16. The molecule has 8 nitrogen and oxygen atoms in total. The molecule has 0 fully saturated rings. The van der Waals surface area contributed by atoms with E-state index in [2.05, 4.69) is 78.2 Å². The Labute approximate surface area is 348 Å². The third-order valence-electron chi connectivity index (χ3n) is 9.83. The molecule has 1 N–H and O–H groups in total. The van der Waals surface area contributed by atoms with E-state index in [0.29, 0.717) is 5.75 Å². The first-order valence-electron chi connectivity index (χ1n) is 20.1. The third-order valence-corrected chi connectivity index (χ3v) is 9.83. The molecule has 0 heterocycles. The van der Waals surface area contributed by atoms with Crippen LogP contribution in [0.3, 0.4) is 0 Å². The predicted octanol–water partition coefficient (Wildman–Crippen LogP) is 11.5. The number of para-hydroxylation sites is 5. The van der Waals surface area contributed by atoms with Crippen molar-refractivity contribution in [3.05, 3.63) is 205 Å². The zero-order valence-corrected chi connectivity index (χ0v) is 33.6. The van der Waals surface area contributed by atoms with Crippen molar-refractivity contribution in [2.75, 3.05) is 46.1 Å². The van der Waals surface area contributed by atoms with Crippen molar-refractivity contribution in [2.24, 2.45) is 10.2 Å². The molecular formula is C51H50N6O2. The first kappa shape index (κ1) is 40.1. The Morgan fingerprint density at radius 1 is 0.508 bits per heavy atom. The summed E-state index contributed by atoms with van der Waals surface area (Å²) in [6, 6.07) is 65.1. The van der Waals surface area contributed by atoms with Crippen LogP contribution in [0.15, 0.2) is 204 Å². The topological polar surface area (TPSA) is 67.1 Å². The lowest BCUT2D eigenvalue weighted by atomic mass is 10.1. The van der Waals surface area contributed by atoms with Gasteiger partial charge in [0.2, 0.25) is 0 Å². The smallest absolute Gasteiger partial charge is 0.130 e.